The van der Waals surface area contributed by atoms with E-state index in [0.29, 0.717) is 34.4 Å². The smallest absolute Gasteiger partial charge is 0.147 e. The number of methoxy groups -OCH3 is 2. The van der Waals surface area contributed by atoms with Crippen molar-refractivity contribution in [1.82, 2.24) is 0 Å². The van der Waals surface area contributed by atoms with E-state index in [1.165, 1.54) is 0 Å². The van der Waals surface area contributed by atoms with Crippen LogP contribution in [0.5, 0.6) is 11.5 Å². The highest BCUT2D eigenvalue weighted by atomic mass is 35.5. The Morgan fingerprint density at radius 2 is 1.94 bits per heavy atom. The van der Waals surface area contributed by atoms with Gasteiger partial charge in [0.25, 0.3) is 0 Å². The van der Waals surface area contributed by atoms with Crippen LogP contribution < -0.4 is 9.47 Å². The molecule has 2 unspecified atom stereocenters. The van der Waals surface area contributed by atoms with E-state index in [1.807, 2.05) is 0 Å². The average molecular weight is 273 g/mol. The zero-order valence-corrected chi connectivity index (χ0v) is 12.1. The molecule has 2 atom stereocenters. The Hall–Kier alpha value is -0.930. The van der Waals surface area contributed by atoms with E-state index < -0.39 is 6.10 Å². The molecular weight excluding hydrogens is 252 g/mol. The van der Waals surface area contributed by atoms with Gasteiger partial charge in [-0.05, 0) is 24.5 Å². The Morgan fingerprint density at radius 1 is 1.28 bits per heavy atom. The second-order valence-corrected chi connectivity index (χ2v) is 4.85. The summed E-state index contributed by atoms with van der Waals surface area (Å²) < 4.78 is 10.4. The summed E-state index contributed by atoms with van der Waals surface area (Å²) in [7, 11) is 3.09. The lowest BCUT2D eigenvalue weighted by atomic mass is 9.96. The molecule has 1 aromatic carbocycles. The molecule has 18 heavy (non-hydrogen) atoms. The topological polar surface area (TPSA) is 38.7 Å². The van der Waals surface area contributed by atoms with Gasteiger partial charge in [-0.25, -0.2) is 0 Å². The number of ether oxygens (including phenoxy) is 2. The number of aliphatic hydroxyl groups is 1. The summed E-state index contributed by atoms with van der Waals surface area (Å²) >= 11 is 6.17. The van der Waals surface area contributed by atoms with Crippen LogP contribution >= 0.6 is 11.6 Å². The van der Waals surface area contributed by atoms with Crippen molar-refractivity contribution < 1.29 is 14.6 Å². The molecule has 0 aliphatic heterocycles. The molecule has 0 saturated heterocycles. The lowest BCUT2D eigenvalue weighted by Gasteiger charge is -2.19. The Labute approximate surface area is 114 Å². The van der Waals surface area contributed by atoms with E-state index in [4.69, 9.17) is 21.1 Å². The van der Waals surface area contributed by atoms with Crippen LogP contribution in [0.15, 0.2) is 12.1 Å². The van der Waals surface area contributed by atoms with Crippen LogP contribution in [0.25, 0.3) is 0 Å². The molecule has 1 N–H and O–H groups in total. The van der Waals surface area contributed by atoms with Crippen molar-refractivity contribution in [3.05, 3.63) is 22.7 Å². The highest BCUT2D eigenvalue weighted by Gasteiger charge is 2.20. The summed E-state index contributed by atoms with van der Waals surface area (Å²) in [6.45, 7) is 4.22. The third kappa shape index (κ3) is 3.30. The van der Waals surface area contributed by atoms with Crippen molar-refractivity contribution in [2.75, 3.05) is 14.2 Å². The van der Waals surface area contributed by atoms with Crippen molar-refractivity contribution in [3.63, 3.8) is 0 Å². The first-order chi connectivity index (χ1) is 8.54. The predicted octanol–water partition coefficient (Wildman–Crippen LogP) is 3.83. The largest absolute Gasteiger partial charge is 0.495 e. The molecular formula is C14H21ClO3. The number of hydrogen-bond donors (Lipinski definition) is 1. The standard InChI is InChI=1S/C14H21ClO3/c1-5-9(2)8-11(16)10-6-7-12(17-3)13(15)14(10)18-4/h6-7,9,11,16H,5,8H2,1-4H3. The lowest BCUT2D eigenvalue weighted by Crippen LogP contribution is -2.06. The summed E-state index contributed by atoms with van der Waals surface area (Å²) in [4.78, 5) is 0. The monoisotopic (exact) mass is 272 g/mol. The van der Waals surface area contributed by atoms with Crippen LogP contribution in [0.1, 0.15) is 38.4 Å². The minimum absolute atomic E-state index is 0.403. The molecule has 0 aliphatic rings. The molecule has 4 heteroatoms. The van der Waals surface area contributed by atoms with E-state index in [2.05, 4.69) is 13.8 Å². The first-order valence-corrected chi connectivity index (χ1v) is 6.51. The SMILES string of the molecule is CCC(C)CC(O)c1ccc(OC)c(Cl)c1OC. The number of rotatable bonds is 6. The second-order valence-electron chi connectivity index (χ2n) is 4.47. The van der Waals surface area contributed by atoms with Gasteiger partial charge in [0.15, 0.2) is 0 Å². The molecule has 0 amide bonds. The van der Waals surface area contributed by atoms with Gasteiger partial charge in [0.2, 0.25) is 0 Å². The van der Waals surface area contributed by atoms with E-state index in [0.717, 1.165) is 6.42 Å². The molecule has 0 aromatic heterocycles. The van der Waals surface area contributed by atoms with Gasteiger partial charge in [0.1, 0.15) is 16.5 Å². The summed E-state index contributed by atoms with van der Waals surface area (Å²) in [5.74, 6) is 1.49. The van der Waals surface area contributed by atoms with Crippen LogP contribution in [-0.2, 0) is 0 Å². The van der Waals surface area contributed by atoms with Crippen molar-refractivity contribution in [3.8, 4) is 11.5 Å². The lowest BCUT2D eigenvalue weighted by molar-refractivity contribution is 0.143. The predicted molar refractivity (Wildman–Crippen MR) is 73.6 cm³/mol. The van der Waals surface area contributed by atoms with Crippen LogP contribution in [-0.4, -0.2) is 19.3 Å². The summed E-state index contributed by atoms with van der Waals surface area (Å²) in [6.07, 6.45) is 1.15. The minimum atomic E-state index is -0.571. The fourth-order valence-corrected chi connectivity index (χ4v) is 2.18. The highest BCUT2D eigenvalue weighted by molar-refractivity contribution is 6.33. The summed E-state index contributed by atoms with van der Waals surface area (Å²) in [5, 5.41) is 10.6. The Morgan fingerprint density at radius 3 is 2.44 bits per heavy atom. The molecule has 0 radical (unpaired) electrons. The molecule has 0 bridgehead atoms. The number of benzene rings is 1. The molecule has 102 valence electrons. The van der Waals surface area contributed by atoms with E-state index in [-0.39, 0.29) is 0 Å². The van der Waals surface area contributed by atoms with E-state index in [1.54, 1.807) is 26.4 Å². The molecule has 3 nitrogen and oxygen atoms in total. The van der Waals surface area contributed by atoms with Crippen molar-refractivity contribution in [1.29, 1.82) is 0 Å². The third-order valence-electron chi connectivity index (χ3n) is 3.20. The maximum absolute atomic E-state index is 10.2. The van der Waals surface area contributed by atoms with Crippen LogP contribution in [0, 0.1) is 5.92 Å². The fourth-order valence-electron chi connectivity index (χ4n) is 1.86. The van der Waals surface area contributed by atoms with Gasteiger partial charge in [0, 0.05) is 5.56 Å². The molecule has 0 aliphatic carbocycles. The van der Waals surface area contributed by atoms with Crippen LogP contribution in [0.2, 0.25) is 5.02 Å². The van der Waals surface area contributed by atoms with E-state index in [9.17, 15) is 5.11 Å². The highest BCUT2D eigenvalue weighted by Crippen LogP contribution is 2.40. The quantitative estimate of drug-likeness (QED) is 0.855. The second kappa shape index (κ2) is 6.86. The van der Waals surface area contributed by atoms with E-state index >= 15 is 0 Å². The molecule has 1 rings (SSSR count). The maximum Gasteiger partial charge on any atom is 0.147 e. The van der Waals surface area contributed by atoms with Gasteiger partial charge in [0.05, 0.1) is 20.3 Å². The first-order valence-electron chi connectivity index (χ1n) is 6.13. The van der Waals surface area contributed by atoms with Gasteiger partial charge in [-0.1, -0.05) is 31.9 Å². The van der Waals surface area contributed by atoms with Crippen LogP contribution in [0.4, 0.5) is 0 Å². The third-order valence-corrected chi connectivity index (χ3v) is 3.56. The van der Waals surface area contributed by atoms with Crippen molar-refractivity contribution >= 4 is 11.6 Å². The molecule has 0 saturated carbocycles. The fraction of sp³-hybridized carbons (Fsp3) is 0.571. The van der Waals surface area contributed by atoms with Crippen molar-refractivity contribution in [2.45, 2.75) is 32.8 Å². The van der Waals surface area contributed by atoms with Gasteiger partial charge in [-0.3, -0.25) is 0 Å². The summed E-state index contributed by atoms with van der Waals surface area (Å²) in [5.41, 5.74) is 0.712. The number of aliphatic hydroxyl groups excluding tert-OH is 1. The number of hydrogen-bond acceptors (Lipinski definition) is 3. The normalized spacial score (nSPS) is 14.1. The van der Waals surface area contributed by atoms with Gasteiger partial charge in [-0.2, -0.15) is 0 Å². The zero-order valence-electron chi connectivity index (χ0n) is 11.4. The molecule has 0 heterocycles. The first kappa shape index (κ1) is 15.1. The Balaban J connectivity index is 3.05. The average Bonchev–Trinajstić information content (AvgIpc) is 2.37. The summed E-state index contributed by atoms with van der Waals surface area (Å²) in [6, 6.07) is 3.55. The Bertz CT molecular complexity index is 393. The van der Waals surface area contributed by atoms with Gasteiger partial charge in [-0.15, -0.1) is 0 Å². The van der Waals surface area contributed by atoms with Crippen molar-refractivity contribution in [2.24, 2.45) is 5.92 Å². The molecule has 0 fully saturated rings. The minimum Gasteiger partial charge on any atom is -0.495 e. The van der Waals surface area contributed by atoms with Gasteiger partial charge < -0.3 is 14.6 Å². The Kier molecular flexibility index (Phi) is 5.76. The zero-order chi connectivity index (χ0) is 13.7. The molecule has 0 spiro atoms. The number of halogens is 1. The maximum atomic E-state index is 10.2. The van der Waals surface area contributed by atoms with Gasteiger partial charge >= 0.3 is 0 Å². The molecule has 1 aromatic rings. The van der Waals surface area contributed by atoms with Crippen LogP contribution in [0.3, 0.4) is 0 Å².